The van der Waals surface area contributed by atoms with Crippen molar-refractivity contribution in [2.24, 2.45) is 5.92 Å². The highest BCUT2D eigenvalue weighted by atomic mass is 16.5. The maximum atomic E-state index is 12.6. The molecule has 0 fully saturated rings. The number of aromatic nitrogens is 2. The summed E-state index contributed by atoms with van der Waals surface area (Å²) in [6.07, 6.45) is 2.53. The minimum absolute atomic E-state index is 0.0116. The molecule has 0 aliphatic carbocycles. The van der Waals surface area contributed by atoms with E-state index in [0.717, 1.165) is 23.4 Å². The number of nitrogens with one attached hydrogen (secondary N) is 2. The molecule has 2 amide bonds. The number of benzene rings is 1. The molecule has 1 aromatic carbocycles. The van der Waals surface area contributed by atoms with Crippen molar-refractivity contribution in [1.82, 2.24) is 15.3 Å². The zero-order valence-corrected chi connectivity index (χ0v) is 18.8. The summed E-state index contributed by atoms with van der Waals surface area (Å²) in [4.78, 5) is 35.9. The summed E-state index contributed by atoms with van der Waals surface area (Å²) in [5.74, 6) is 0.425. The van der Waals surface area contributed by atoms with Gasteiger partial charge in [0.2, 0.25) is 11.9 Å². The minimum Gasteiger partial charge on any atom is -0.383 e. The smallest absolute Gasteiger partial charge is 0.251 e. The van der Waals surface area contributed by atoms with Gasteiger partial charge in [0.25, 0.3) is 5.91 Å². The molecule has 1 unspecified atom stereocenters. The summed E-state index contributed by atoms with van der Waals surface area (Å²) in [6.45, 7) is 8.58. The van der Waals surface area contributed by atoms with Crippen molar-refractivity contribution in [1.29, 1.82) is 0 Å². The van der Waals surface area contributed by atoms with E-state index in [0.29, 0.717) is 24.7 Å². The van der Waals surface area contributed by atoms with Crippen LogP contribution in [0.2, 0.25) is 0 Å². The summed E-state index contributed by atoms with van der Waals surface area (Å²) in [7, 11) is 1.59. The topological polar surface area (TPSA) is 96.4 Å². The van der Waals surface area contributed by atoms with Crippen LogP contribution in [0.4, 0.5) is 11.6 Å². The first kappa shape index (κ1) is 22.7. The van der Waals surface area contributed by atoms with Crippen LogP contribution in [0.5, 0.6) is 0 Å². The molecule has 3 rings (SSSR count). The molecule has 1 aromatic heterocycles. The fourth-order valence-electron chi connectivity index (χ4n) is 4.28. The van der Waals surface area contributed by atoms with Gasteiger partial charge in [-0.05, 0) is 43.2 Å². The lowest BCUT2D eigenvalue weighted by molar-refractivity contribution is -0.117. The second-order valence-corrected chi connectivity index (χ2v) is 7.89. The van der Waals surface area contributed by atoms with Gasteiger partial charge in [0.1, 0.15) is 0 Å². The highest BCUT2D eigenvalue weighted by Crippen LogP contribution is 2.43. The molecule has 0 bridgehead atoms. The van der Waals surface area contributed by atoms with E-state index in [4.69, 9.17) is 4.74 Å². The molecular weight excluding hydrogens is 394 g/mol. The molecule has 2 aromatic rings. The third-order valence-electron chi connectivity index (χ3n) is 5.78. The highest BCUT2D eigenvalue weighted by molar-refractivity contribution is 5.98. The molecule has 1 aliphatic heterocycles. The van der Waals surface area contributed by atoms with Crippen LogP contribution < -0.4 is 15.5 Å². The molecule has 2 N–H and O–H groups in total. The number of methoxy groups -OCH3 is 1. The monoisotopic (exact) mass is 425 g/mol. The summed E-state index contributed by atoms with van der Waals surface area (Å²) in [5, 5.41) is 6.31. The van der Waals surface area contributed by atoms with Gasteiger partial charge in [-0.3, -0.25) is 9.59 Å². The van der Waals surface area contributed by atoms with Crippen molar-refractivity contribution in [2.45, 2.75) is 46.2 Å². The van der Waals surface area contributed by atoms with Gasteiger partial charge in [0.15, 0.2) is 0 Å². The van der Waals surface area contributed by atoms with E-state index in [1.807, 2.05) is 30.0 Å². The molecule has 3 atom stereocenters. The van der Waals surface area contributed by atoms with Crippen molar-refractivity contribution in [3.05, 3.63) is 47.3 Å². The van der Waals surface area contributed by atoms with Crippen LogP contribution in [0.3, 0.4) is 0 Å². The average Bonchev–Trinajstić information content (AvgIpc) is 2.74. The zero-order chi connectivity index (χ0) is 22.5. The predicted molar refractivity (Wildman–Crippen MR) is 120 cm³/mol. The molecule has 0 saturated heterocycles. The number of carbonyl (C=O) groups is 2. The van der Waals surface area contributed by atoms with Gasteiger partial charge in [-0.2, -0.15) is 0 Å². The normalized spacial score (nSPS) is 20.2. The maximum Gasteiger partial charge on any atom is 0.251 e. The summed E-state index contributed by atoms with van der Waals surface area (Å²) in [5.41, 5.74) is 3.11. The van der Waals surface area contributed by atoms with Crippen molar-refractivity contribution >= 4 is 23.5 Å². The first-order chi connectivity index (χ1) is 14.9. The van der Waals surface area contributed by atoms with E-state index < -0.39 is 0 Å². The summed E-state index contributed by atoms with van der Waals surface area (Å²) in [6, 6.07) is 7.21. The van der Waals surface area contributed by atoms with Crippen LogP contribution in [0.15, 0.2) is 30.5 Å². The predicted octanol–water partition coefficient (Wildman–Crippen LogP) is 3.10. The van der Waals surface area contributed by atoms with Crippen LogP contribution in [0, 0.1) is 12.8 Å². The number of rotatable bonds is 7. The first-order valence-electron chi connectivity index (χ1n) is 10.6. The molecule has 0 radical (unpaired) electrons. The van der Waals surface area contributed by atoms with Gasteiger partial charge < -0.3 is 20.3 Å². The van der Waals surface area contributed by atoms with E-state index in [1.54, 1.807) is 26.3 Å². The summed E-state index contributed by atoms with van der Waals surface area (Å²) < 4.78 is 5.01. The summed E-state index contributed by atoms with van der Waals surface area (Å²) >= 11 is 0. The fraction of sp³-hybridized carbons (Fsp3) is 0.478. The number of nitrogens with zero attached hydrogens (tertiary/aromatic N) is 3. The van der Waals surface area contributed by atoms with Crippen molar-refractivity contribution in [3.63, 3.8) is 0 Å². The van der Waals surface area contributed by atoms with Gasteiger partial charge in [0.05, 0.1) is 12.6 Å². The lowest BCUT2D eigenvalue weighted by atomic mass is 9.80. The third-order valence-corrected chi connectivity index (χ3v) is 5.78. The van der Waals surface area contributed by atoms with Crippen LogP contribution in [-0.4, -0.2) is 48.1 Å². The number of amides is 2. The highest BCUT2D eigenvalue weighted by Gasteiger charge is 2.40. The largest absolute Gasteiger partial charge is 0.383 e. The van der Waals surface area contributed by atoms with Gasteiger partial charge in [-0.25, -0.2) is 9.97 Å². The van der Waals surface area contributed by atoms with E-state index in [2.05, 4.69) is 34.4 Å². The molecule has 8 nitrogen and oxygen atoms in total. The van der Waals surface area contributed by atoms with Crippen molar-refractivity contribution in [3.8, 4) is 0 Å². The Morgan fingerprint density at radius 1 is 1.26 bits per heavy atom. The molecular formula is C23H31N5O3. The number of hydrogen-bond donors (Lipinski definition) is 2. The fourth-order valence-corrected chi connectivity index (χ4v) is 4.28. The second-order valence-electron chi connectivity index (χ2n) is 7.89. The Labute approximate surface area is 183 Å². The molecule has 166 valence electrons. The Morgan fingerprint density at radius 3 is 2.68 bits per heavy atom. The van der Waals surface area contributed by atoms with Crippen LogP contribution >= 0.6 is 0 Å². The molecule has 31 heavy (non-hydrogen) atoms. The Balaban J connectivity index is 2.04. The third kappa shape index (κ3) is 4.85. The number of aryl methyl sites for hydroxylation is 1. The second kappa shape index (κ2) is 9.87. The van der Waals surface area contributed by atoms with E-state index in [9.17, 15) is 9.59 Å². The van der Waals surface area contributed by atoms with Crippen LogP contribution in [0.25, 0.3) is 0 Å². The van der Waals surface area contributed by atoms with Crippen molar-refractivity contribution in [2.75, 3.05) is 30.5 Å². The molecule has 8 heteroatoms. The number of fused-ring (bicyclic) bond motifs is 1. The van der Waals surface area contributed by atoms with E-state index in [1.165, 1.54) is 0 Å². The zero-order valence-electron chi connectivity index (χ0n) is 18.8. The van der Waals surface area contributed by atoms with Crippen LogP contribution in [0.1, 0.15) is 54.8 Å². The quantitative estimate of drug-likeness (QED) is 0.662. The van der Waals surface area contributed by atoms with Crippen LogP contribution in [-0.2, 0) is 9.53 Å². The lowest BCUT2D eigenvalue weighted by Crippen LogP contribution is -2.49. The Morgan fingerprint density at radius 2 is 2.03 bits per heavy atom. The standard InChI is InChI=1S/C23H31N5O3/c1-6-19-15(3)21(27-23-25-10-9-14(2)26-23)18-13-17(22(30)24-11-12-31-5)7-8-20(18)28(19)16(4)29/h7-10,13,15,19,21H,6,11-12H2,1-5H3,(H,24,30)(H,25,26,27)/t15-,19-,21?/m0/s1. The SMILES string of the molecule is CC[C@H]1[C@H](C)C(Nc2nccc(C)n2)c2cc(C(=O)NCCOC)ccc2N1C(C)=O. The Bertz CT molecular complexity index is 949. The van der Waals surface area contributed by atoms with Gasteiger partial charge in [-0.15, -0.1) is 0 Å². The number of hydrogen-bond acceptors (Lipinski definition) is 6. The van der Waals surface area contributed by atoms with Gasteiger partial charge in [0, 0.05) is 55.7 Å². The number of anilines is 2. The number of ether oxygens (including phenoxy) is 1. The number of carbonyl (C=O) groups excluding carboxylic acids is 2. The Hall–Kier alpha value is -3.00. The average molecular weight is 426 g/mol. The first-order valence-corrected chi connectivity index (χ1v) is 10.6. The van der Waals surface area contributed by atoms with E-state index in [-0.39, 0.29) is 29.8 Å². The lowest BCUT2D eigenvalue weighted by Gasteiger charge is -2.45. The van der Waals surface area contributed by atoms with E-state index >= 15 is 0 Å². The van der Waals surface area contributed by atoms with Gasteiger partial charge in [-0.1, -0.05) is 13.8 Å². The minimum atomic E-state index is -0.176. The molecule has 2 heterocycles. The van der Waals surface area contributed by atoms with Crippen molar-refractivity contribution < 1.29 is 14.3 Å². The molecule has 1 aliphatic rings. The molecule has 0 saturated carbocycles. The van der Waals surface area contributed by atoms with Gasteiger partial charge >= 0.3 is 0 Å². The Kier molecular flexibility index (Phi) is 7.22. The molecule has 0 spiro atoms. The maximum absolute atomic E-state index is 12.6.